The minimum absolute atomic E-state index is 0.0213. The summed E-state index contributed by atoms with van der Waals surface area (Å²) in [5, 5.41) is 0. The van der Waals surface area contributed by atoms with Gasteiger partial charge in [0.15, 0.2) is 0 Å². The summed E-state index contributed by atoms with van der Waals surface area (Å²) < 4.78 is 5.57. The van der Waals surface area contributed by atoms with Gasteiger partial charge >= 0.3 is 5.97 Å². The fourth-order valence-electron chi connectivity index (χ4n) is 7.13. The molecule has 0 N–H and O–H groups in total. The van der Waals surface area contributed by atoms with Gasteiger partial charge < -0.3 is 4.74 Å². The molecule has 0 spiro atoms. The number of hydrogen-bond donors (Lipinski definition) is 0. The molecule has 2 heterocycles. The van der Waals surface area contributed by atoms with E-state index in [4.69, 9.17) is 4.74 Å². The molecular weight excluding hydrogens is 322 g/mol. The first kappa shape index (κ1) is 16.5. The standard InChI is InChI=1S/C23H29NO2/c1-22-10-9-20-17(6-5-16-12-21(25)26-14-23(16,20)2)19(22)8-7-18(22)15-4-3-11-24-13-15/h3-4,7,11,13,16-17,19-20H,5-6,8-10,12,14H2,1-2H3/t16?,17?,19-,20?,22?,23?/m0/s1. The number of nitrogens with zero attached hydrogens (tertiary/aromatic N) is 1. The van der Waals surface area contributed by atoms with Gasteiger partial charge in [0, 0.05) is 24.2 Å². The molecular formula is C23H29NO2. The van der Waals surface area contributed by atoms with E-state index >= 15 is 0 Å². The van der Waals surface area contributed by atoms with Crippen LogP contribution in [0.2, 0.25) is 0 Å². The molecule has 26 heavy (non-hydrogen) atoms. The van der Waals surface area contributed by atoms with Gasteiger partial charge in [0.05, 0.1) is 6.61 Å². The Bertz CT molecular complexity index is 757. The monoisotopic (exact) mass is 351 g/mol. The first-order valence-corrected chi connectivity index (χ1v) is 10.3. The van der Waals surface area contributed by atoms with Gasteiger partial charge in [-0.1, -0.05) is 26.0 Å². The van der Waals surface area contributed by atoms with E-state index in [-0.39, 0.29) is 16.8 Å². The average Bonchev–Trinajstić information content (AvgIpc) is 3.00. The Balaban J connectivity index is 1.45. The number of carbonyl (C=O) groups excluding carboxylic acids is 1. The van der Waals surface area contributed by atoms with Crippen molar-refractivity contribution in [2.24, 2.45) is 34.5 Å². The zero-order chi connectivity index (χ0) is 17.9. The van der Waals surface area contributed by atoms with Crippen molar-refractivity contribution in [1.29, 1.82) is 0 Å². The van der Waals surface area contributed by atoms with Gasteiger partial charge in [0.2, 0.25) is 0 Å². The number of hydrogen-bond acceptors (Lipinski definition) is 3. The van der Waals surface area contributed by atoms with Crippen molar-refractivity contribution < 1.29 is 9.53 Å². The maximum Gasteiger partial charge on any atom is 0.306 e. The summed E-state index contributed by atoms with van der Waals surface area (Å²) in [5.74, 6) is 2.74. The molecule has 0 aromatic carbocycles. The number of allylic oxidation sites excluding steroid dienone is 2. The van der Waals surface area contributed by atoms with Crippen LogP contribution < -0.4 is 0 Å². The zero-order valence-electron chi connectivity index (χ0n) is 15.9. The van der Waals surface area contributed by atoms with Gasteiger partial charge in [-0.15, -0.1) is 0 Å². The van der Waals surface area contributed by atoms with Gasteiger partial charge in [0.25, 0.3) is 0 Å². The second-order valence-electron chi connectivity index (χ2n) is 9.57. The molecule has 6 atom stereocenters. The number of rotatable bonds is 1. The lowest BCUT2D eigenvalue weighted by atomic mass is 9.46. The predicted molar refractivity (Wildman–Crippen MR) is 101 cm³/mol. The molecule has 138 valence electrons. The summed E-state index contributed by atoms with van der Waals surface area (Å²) in [5.41, 5.74) is 3.30. The second kappa shape index (κ2) is 5.68. The Labute approximate surface area is 156 Å². The lowest BCUT2D eigenvalue weighted by Gasteiger charge is -2.59. The third-order valence-electron chi connectivity index (χ3n) is 8.58. The molecule has 3 heteroatoms. The van der Waals surface area contributed by atoms with Crippen LogP contribution in [0, 0.1) is 34.5 Å². The number of ether oxygens (including phenoxy) is 1. The number of cyclic esters (lactones) is 1. The highest BCUT2D eigenvalue weighted by atomic mass is 16.5. The number of fused-ring (bicyclic) bond motifs is 5. The first-order chi connectivity index (χ1) is 12.5. The van der Waals surface area contributed by atoms with Crippen LogP contribution in [-0.2, 0) is 9.53 Å². The van der Waals surface area contributed by atoms with Crippen molar-refractivity contribution in [3.63, 3.8) is 0 Å². The van der Waals surface area contributed by atoms with E-state index in [1.807, 2.05) is 12.4 Å². The van der Waals surface area contributed by atoms with E-state index in [0.29, 0.717) is 24.9 Å². The minimum Gasteiger partial charge on any atom is -0.465 e. The summed E-state index contributed by atoms with van der Waals surface area (Å²) >= 11 is 0. The summed E-state index contributed by atoms with van der Waals surface area (Å²) in [6.07, 6.45) is 13.2. The van der Waals surface area contributed by atoms with Crippen LogP contribution in [0.3, 0.4) is 0 Å². The Kier molecular flexibility index (Phi) is 3.61. The number of pyridine rings is 1. The highest BCUT2D eigenvalue weighted by molar-refractivity contribution is 5.72. The summed E-state index contributed by atoms with van der Waals surface area (Å²) in [6, 6.07) is 4.28. The largest absolute Gasteiger partial charge is 0.465 e. The highest BCUT2D eigenvalue weighted by Crippen LogP contribution is 2.66. The summed E-state index contributed by atoms with van der Waals surface area (Å²) in [7, 11) is 0. The predicted octanol–water partition coefficient (Wildman–Crippen LogP) is 4.88. The van der Waals surface area contributed by atoms with Gasteiger partial charge in [0.1, 0.15) is 0 Å². The Morgan fingerprint density at radius 1 is 1.19 bits per heavy atom. The molecule has 0 bridgehead atoms. The number of esters is 1. The molecule has 1 aromatic rings. The third-order valence-corrected chi connectivity index (χ3v) is 8.58. The van der Waals surface area contributed by atoms with Crippen LogP contribution in [0.15, 0.2) is 30.6 Å². The quantitative estimate of drug-likeness (QED) is 0.677. The van der Waals surface area contributed by atoms with Crippen LogP contribution in [0.4, 0.5) is 0 Å². The van der Waals surface area contributed by atoms with Gasteiger partial charge in [-0.05, 0) is 78.4 Å². The van der Waals surface area contributed by atoms with Crippen LogP contribution in [0.1, 0.15) is 57.9 Å². The summed E-state index contributed by atoms with van der Waals surface area (Å²) in [4.78, 5) is 16.2. The zero-order valence-corrected chi connectivity index (χ0v) is 15.9. The fraction of sp³-hybridized carbons (Fsp3) is 0.652. The van der Waals surface area contributed by atoms with E-state index in [9.17, 15) is 4.79 Å². The smallest absolute Gasteiger partial charge is 0.306 e. The first-order valence-electron chi connectivity index (χ1n) is 10.3. The number of carbonyl (C=O) groups is 1. The van der Waals surface area contributed by atoms with E-state index < -0.39 is 0 Å². The van der Waals surface area contributed by atoms with E-state index in [0.717, 1.165) is 11.8 Å². The average molecular weight is 351 g/mol. The topological polar surface area (TPSA) is 39.2 Å². The van der Waals surface area contributed by atoms with Gasteiger partial charge in [-0.3, -0.25) is 9.78 Å². The van der Waals surface area contributed by atoms with E-state index in [2.05, 4.69) is 37.0 Å². The maximum absolute atomic E-state index is 11.8. The Morgan fingerprint density at radius 2 is 2.08 bits per heavy atom. The van der Waals surface area contributed by atoms with Crippen molar-refractivity contribution in [3.8, 4) is 0 Å². The SMILES string of the molecule is CC12COC(=O)CC1CCC1C2CCC2(C)C(c3cccnc3)=CC[C@@H]12. The van der Waals surface area contributed by atoms with Crippen LogP contribution in [0.25, 0.3) is 5.57 Å². The van der Waals surface area contributed by atoms with Crippen molar-refractivity contribution in [2.45, 2.75) is 52.4 Å². The molecule has 1 saturated heterocycles. The summed E-state index contributed by atoms with van der Waals surface area (Å²) in [6.45, 7) is 5.55. The normalized spacial score (nSPS) is 44.4. The maximum atomic E-state index is 11.8. The van der Waals surface area contributed by atoms with Crippen LogP contribution >= 0.6 is 0 Å². The molecule has 5 rings (SSSR count). The molecule has 4 aliphatic rings. The number of aromatic nitrogens is 1. The Morgan fingerprint density at radius 3 is 2.88 bits per heavy atom. The highest BCUT2D eigenvalue weighted by Gasteiger charge is 2.59. The van der Waals surface area contributed by atoms with Gasteiger partial charge in [-0.2, -0.15) is 0 Å². The minimum atomic E-state index is 0.0213. The van der Waals surface area contributed by atoms with Crippen molar-refractivity contribution in [3.05, 3.63) is 36.2 Å². The van der Waals surface area contributed by atoms with Gasteiger partial charge in [-0.25, -0.2) is 0 Å². The lowest BCUT2D eigenvalue weighted by molar-refractivity contribution is -0.178. The molecule has 3 aliphatic carbocycles. The molecule has 0 amide bonds. The lowest BCUT2D eigenvalue weighted by Crippen LogP contribution is -2.55. The molecule has 5 unspecified atom stereocenters. The van der Waals surface area contributed by atoms with E-state index in [1.165, 1.54) is 43.2 Å². The van der Waals surface area contributed by atoms with Crippen LogP contribution in [0.5, 0.6) is 0 Å². The van der Waals surface area contributed by atoms with Crippen LogP contribution in [-0.4, -0.2) is 17.6 Å². The van der Waals surface area contributed by atoms with E-state index in [1.54, 1.807) is 0 Å². The Hall–Kier alpha value is -1.64. The molecule has 2 saturated carbocycles. The second-order valence-corrected chi connectivity index (χ2v) is 9.57. The molecule has 1 aromatic heterocycles. The molecule has 1 aliphatic heterocycles. The third kappa shape index (κ3) is 2.18. The van der Waals surface area contributed by atoms with Crippen molar-refractivity contribution in [1.82, 2.24) is 4.98 Å². The van der Waals surface area contributed by atoms with Crippen molar-refractivity contribution in [2.75, 3.05) is 6.61 Å². The fourth-order valence-corrected chi connectivity index (χ4v) is 7.13. The molecule has 3 fully saturated rings. The van der Waals surface area contributed by atoms with Crippen molar-refractivity contribution >= 4 is 11.5 Å². The molecule has 3 nitrogen and oxygen atoms in total. The molecule has 0 radical (unpaired) electrons.